The highest BCUT2D eigenvalue weighted by Crippen LogP contribution is 2.34. The van der Waals surface area contributed by atoms with Crippen molar-refractivity contribution in [3.8, 4) is 16.2 Å². The second kappa shape index (κ2) is 6.49. The lowest BCUT2D eigenvalue weighted by molar-refractivity contribution is 0.103. The summed E-state index contributed by atoms with van der Waals surface area (Å²) in [6.07, 6.45) is 0. The van der Waals surface area contributed by atoms with Gasteiger partial charge in [0.2, 0.25) is 0 Å². The average molecular weight is 337 g/mol. The van der Waals surface area contributed by atoms with Crippen molar-refractivity contribution in [2.45, 2.75) is 20.8 Å². The number of phenols is 1. The van der Waals surface area contributed by atoms with E-state index in [1.165, 1.54) is 11.3 Å². The fourth-order valence-corrected chi connectivity index (χ4v) is 3.78. The SMILES string of the molecule is Cc1cc(C)c(O)c(NC(=O)c2cc(C)c(-c3ccccc3)s2)c1. The molecule has 0 saturated heterocycles. The monoisotopic (exact) mass is 337 g/mol. The van der Waals surface area contributed by atoms with Crippen LogP contribution in [0.15, 0.2) is 48.5 Å². The normalized spacial score (nSPS) is 10.6. The first-order valence-corrected chi connectivity index (χ1v) is 8.55. The Balaban J connectivity index is 1.90. The second-order valence-electron chi connectivity index (χ2n) is 5.92. The highest BCUT2D eigenvalue weighted by molar-refractivity contribution is 7.17. The summed E-state index contributed by atoms with van der Waals surface area (Å²) in [6, 6.07) is 15.6. The van der Waals surface area contributed by atoms with Crippen LogP contribution in [0, 0.1) is 20.8 Å². The van der Waals surface area contributed by atoms with E-state index in [4.69, 9.17) is 0 Å². The first-order valence-electron chi connectivity index (χ1n) is 7.73. The number of carbonyl (C=O) groups excluding carboxylic acids is 1. The third-order valence-corrected chi connectivity index (χ3v) is 5.16. The number of nitrogens with one attached hydrogen (secondary N) is 1. The number of thiophene rings is 1. The zero-order valence-electron chi connectivity index (χ0n) is 13.9. The van der Waals surface area contributed by atoms with Crippen molar-refractivity contribution in [1.29, 1.82) is 0 Å². The highest BCUT2D eigenvalue weighted by atomic mass is 32.1. The van der Waals surface area contributed by atoms with E-state index in [2.05, 4.69) is 5.32 Å². The van der Waals surface area contributed by atoms with E-state index in [9.17, 15) is 9.90 Å². The lowest BCUT2D eigenvalue weighted by Crippen LogP contribution is -2.10. The topological polar surface area (TPSA) is 49.3 Å². The predicted octanol–water partition coefficient (Wildman–Crippen LogP) is 5.30. The minimum Gasteiger partial charge on any atom is -0.505 e. The third kappa shape index (κ3) is 3.19. The predicted molar refractivity (Wildman–Crippen MR) is 100 cm³/mol. The maximum absolute atomic E-state index is 12.6. The van der Waals surface area contributed by atoms with Crippen LogP contribution in [0.25, 0.3) is 10.4 Å². The van der Waals surface area contributed by atoms with Crippen molar-refractivity contribution < 1.29 is 9.90 Å². The standard InChI is InChI=1S/C20H19NO2S/c1-12-9-13(2)18(22)16(10-12)21-20(23)17-11-14(3)19(24-17)15-7-5-4-6-8-15/h4-11,22H,1-3H3,(H,21,23). The van der Waals surface area contributed by atoms with Gasteiger partial charge in [-0.2, -0.15) is 0 Å². The number of rotatable bonds is 3. The summed E-state index contributed by atoms with van der Waals surface area (Å²) in [7, 11) is 0. The molecule has 1 amide bonds. The van der Waals surface area contributed by atoms with Crippen LogP contribution in [-0.4, -0.2) is 11.0 Å². The Morgan fingerprint density at radius 3 is 2.42 bits per heavy atom. The molecule has 0 atom stereocenters. The van der Waals surface area contributed by atoms with Crippen molar-refractivity contribution in [1.82, 2.24) is 0 Å². The molecular weight excluding hydrogens is 318 g/mol. The number of amides is 1. The highest BCUT2D eigenvalue weighted by Gasteiger charge is 2.16. The second-order valence-corrected chi connectivity index (χ2v) is 6.97. The van der Waals surface area contributed by atoms with Crippen LogP contribution in [-0.2, 0) is 0 Å². The molecule has 24 heavy (non-hydrogen) atoms. The van der Waals surface area contributed by atoms with Crippen LogP contribution in [0.3, 0.4) is 0 Å². The maximum atomic E-state index is 12.6. The molecule has 0 aliphatic rings. The van der Waals surface area contributed by atoms with Crippen LogP contribution >= 0.6 is 11.3 Å². The molecule has 122 valence electrons. The molecular formula is C20H19NO2S. The van der Waals surface area contributed by atoms with Gasteiger partial charge in [0.15, 0.2) is 0 Å². The van der Waals surface area contributed by atoms with Crippen molar-refractivity contribution >= 4 is 22.9 Å². The molecule has 3 aromatic rings. The molecule has 2 aromatic carbocycles. The van der Waals surface area contributed by atoms with Gasteiger partial charge in [-0.25, -0.2) is 0 Å². The van der Waals surface area contributed by atoms with E-state index >= 15 is 0 Å². The van der Waals surface area contributed by atoms with E-state index < -0.39 is 0 Å². The molecule has 1 aromatic heterocycles. The summed E-state index contributed by atoms with van der Waals surface area (Å²) in [5.41, 5.74) is 4.37. The molecule has 1 heterocycles. The molecule has 0 bridgehead atoms. The lowest BCUT2D eigenvalue weighted by atomic mass is 10.1. The number of anilines is 1. The Labute approximate surface area is 145 Å². The smallest absolute Gasteiger partial charge is 0.265 e. The van der Waals surface area contributed by atoms with Crippen LogP contribution < -0.4 is 5.32 Å². The van der Waals surface area contributed by atoms with Crippen LogP contribution in [0.4, 0.5) is 5.69 Å². The summed E-state index contributed by atoms with van der Waals surface area (Å²) in [6.45, 7) is 5.76. The Hall–Kier alpha value is -2.59. The van der Waals surface area contributed by atoms with E-state index in [0.29, 0.717) is 10.6 Å². The number of hydrogen-bond donors (Lipinski definition) is 2. The summed E-state index contributed by atoms with van der Waals surface area (Å²) in [5, 5.41) is 13.0. The van der Waals surface area contributed by atoms with Gasteiger partial charge in [-0.3, -0.25) is 4.79 Å². The average Bonchev–Trinajstić information content (AvgIpc) is 2.95. The largest absolute Gasteiger partial charge is 0.505 e. The summed E-state index contributed by atoms with van der Waals surface area (Å²) < 4.78 is 0. The molecule has 3 nitrogen and oxygen atoms in total. The Morgan fingerprint density at radius 2 is 1.71 bits per heavy atom. The number of carbonyl (C=O) groups is 1. The van der Waals surface area contributed by atoms with Crippen LogP contribution in [0.1, 0.15) is 26.4 Å². The minimum absolute atomic E-state index is 0.116. The van der Waals surface area contributed by atoms with Crippen LogP contribution in [0.2, 0.25) is 0 Å². The number of aromatic hydroxyl groups is 1. The molecule has 0 unspecified atom stereocenters. The number of phenolic OH excluding ortho intramolecular Hbond substituents is 1. The Bertz CT molecular complexity index is 898. The lowest BCUT2D eigenvalue weighted by Gasteiger charge is -2.09. The fourth-order valence-electron chi connectivity index (χ4n) is 2.71. The summed E-state index contributed by atoms with van der Waals surface area (Å²) in [4.78, 5) is 14.3. The van der Waals surface area contributed by atoms with Gasteiger partial charge in [-0.05, 0) is 55.2 Å². The zero-order chi connectivity index (χ0) is 17.3. The fraction of sp³-hybridized carbons (Fsp3) is 0.150. The van der Waals surface area contributed by atoms with Gasteiger partial charge in [0.05, 0.1) is 10.6 Å². The Kier molecular flexibility index (Phi) is 4.40. The molecule has 0 fully saturated rings. The summed E-state index contributed by atoms with van der Waals surface area (Å²) in [5.74, 6) is -0.0870. The van der Waals surface area contributed by atoms with E-state index in [1.807, 2.05) is 63.2 Å². The minimum atomic E-state index is -0.203. The number of aryl methyl sites for hydroxylation is 3. The molecule has 0 aliphatic heterocycles. The molecule has 0 saturated carbocycles. The van der Waals surface area contributed by atoms with E-state index in [1.54, 1.807) is 6.07 Å². The molecule has 4 heteroatoms. The number of benzene rings is 2. The van der Waals surface area contributed by atoms with Crippen molar-refractivity contribution in [3.05, 3.63) is 70.1 Å². The van der Waals surface area contributed by atoms with E-state index in [0.717, 1.165) is 27.1 Å². The van der Waals surface area contributed by atoms with Crippen molar-refractivity contribution in [3.63, 3.8) is 0 Å². The number of hydrogen-bond acceptors (Lipinski definition) is 3. The first kappa shape index (κ1) is 16.3. The van der Waals surface area contributed by atoms with E-state index in [-0.39, 0.29) is 11.7 Å². The summed E-state index contributed by atoms with van der Waals surface area (Å²) >= 11 is 1.46. The Morgan fingerprint density at radius 1 is 1.00 bits per heavy atom. The van der Waals surface area contributed by atoms with Gasteiger partial charge in [-0.15, -0.1) is 11.3 Å². The molecule has 0 spiro atoms. The maximum Gasteiger partial charge on any atom is 0.265 e. The van der Waals surface area contributed by atoms with Gasteiger partial charge in [0, 0.05) is 4.88 Å². The zero-order valence-corrected chi connectivity index (χ0v) is 14.7. The quantitative estimate of drug-likeness (QED) is 0.637. The molecule has 2 N–H and O–H groups in total. The van der Waals surface area contributed by atoms with Gasteiger partial charge in [0.1, 0.15) is 5.75 Å². The van der Waals surface area contributed by atoms with Gasteiger partial charge in [0.25, 0.3) is 5.91 Å². The third-order valence-electron chi connectivity index (χ3n) is 3.87. The van der Waals surface area contributed by atoms with Gasteiger partial charge >= 0.3 is 0 Å². The van der Waals surface area contributed by atoms with Gasteiger partial charge < -0.3 is 10.4 Å². The van der Waals surface area contributed by atoms with Crippen LogP contribution in [0.5, 0.6) is 5.75 Å². The first-order chi connectivity index (χ1) is 11.5. The van der Waals surface area contributed by atoms with Crippen molar-refractivity contribution in [2.75, 3.05) is 5.32 Å². The molecule has 0 radical (unpaired) electrons. The van der Waals surface area contributed by atoms with Crippen molar-refractivity contribution in [2.24, 2.45) is 0 Å². The molecule has 3 rings (SSSR count). The molecule has 0 aliphatic carbocycles. The van der Waals surface area contributed by atoms with Gasteiger partial charge in [-0.1, -0.05) is 36.4 Å².